The highest BCUT2D eigenvalue weighted by Crippen LogP contribution is 2.56. The summed E-state index contributed by atoms with van der Waals surface area (Å²) in [5.74, 6) is 0.225. The molecule has 0 N–H and O–H groups in total. The van der Waals surface area contributed by atoms with Crippen molar-refractivity contribution in [3.63, 3.8) is 0 Å². The van der Waals surface area contributed by atoms with Crippen LogP contribution in [0.3, 0.4) is 0 Å². The van der Waals surface area contributed by atoms with Gasteiger partial charge in [-0.1, -0.05) is 30.3 Å². The van der Waals surface area contributed by atoms with Crippen molar-refractivity contribution < 1.29 is 4.79 Å². The maximum atomic E-state index is 12.9. The van der Waals surface area contributed by atoms with Gasteiger partial charge in [0, 0.05) is 19.5 Å². The molecule has 2 saturated heterocycles. The maximum Gasteiger partial charge on any atom is 0.237 e. The Morgan fingerprint density at radius 1 is 1.27 bits per heavy atom. The second kappa shape index (κ2) is 5.24. The van der Waals surface area contributed by atoms with Crippen LogP contribution in [0.25, 0.3) is 0 Å². The number of nitrogens with zero attached hydrogens (tertiary/aromatic N) is 2. The summed E-state index contributed by atoms with van der Waals surface area (Å²) >= 11 is 10.7. The van der Waals surface area contributed by atoms with Crippen molar-refractivity contribution in [1.29, 1.82) is 0 Å². The largest absolute Gasteiger partial charge is 0.333 e. The summed E-state index contributed by atoms with van der Waals surface area (Å²) in [6.07, 6.45) is 2.08. The average molecular weight is 335 g/mol. The zero-order valence-corrected chi connectivity index (χ0v) is 15.0. The summed E-state index contributed by atoms with van der Waals surface area (Å²) in [4.78, 5) is 16.0. The molecule has 0 spiro atoms. The first-order valence-electron chi connectivity index (χ1n) is 7.69. The number of rotatable bonds is 1. The molecule has 2 fully saturated rings. The summed E-state index contributed by atoms with van der Waals surface area (Å²) < 4.78 is 0. The fourth-order valence-electron chi connectivity index (χ4n) is 3.96. The summed E-state index contributed by atoms with van der Waals surface area (Å²) in [7, 11) is 1.77. The standard InChI is InChI=1S/C17H22N2OS2/c1-16(2)14(20)18(3)15(21)19-11-7-10-13(17(16,19)22)12-8-5-4-6-9-12/h4-6,8-9,13,22H,7,10-11H2,1-3H3/t13-,17-/m1/s1. The van der Waals surface area contributed by atoms with E-state index >= 15 is 0 Å². The Labute approximate surface area is 143 Å². The highest BCUT2D eigenvalue weighted by atomic mass is 32.1. The van der Waals surface area contributed by atoms with Crippen LogP contribution in [0.1, 0.15) is 38.2 Å². The molecule has 2 aliphatic heterocycles. The monoisotopic (exact) mass is 334 g/mol. The van der Waals surface area contributed by atoms with Crippen LogP contribution in [0.4, 0.5) is 0 Å². The Balaban J connectivity index is 2.15. The van der Waals surface area contributed by atoms with E-state index in [2.05, 4.69) is 17.0 Å². The third-order valence-corrected chi connectivity index (χ3v) is 6.86. The predicted molar refractivity (Wildman–Crippen MR) is 96.0 cm³/mol. The third-order valence-electron chi connectivity index (χ3n) is 5.25. The number of benzene rings is 1. The minimum absolute atomic E-state index is 0.0478. The van der Waals surface area contributed by atoms with Crippen molar-refractivity contribution in [2.24, 2.45) is 5.41 Å². The van der Waals surface area contributed by atoms with E-state index in [0.717, 1.165) is 19.4 Å². The lowest BCUT2D eigenvalue weighted by Gasteiger charge is -2.61. The number of hydrogen-bond donors (Lipinski definition) is 1. The average Bonchev–Trinajstić information content (AvgIpc) is 2.52. The molecule has 22 heavy (non-hydrogen) atoms. The van der Waals surface area contributed by atoms with Crippen molar-refractivity contribution in [2.75, 3.05) is 13.6 Å². The lowest BCUT2D eigenvalue weighted by atomic mass is 9.68. The van der Waals surface area contributed by atoms with Gasteiger partial charge in [0.2, 0.25) is 5.91 Å². The van der Waals surface area contributed by atoms with Crippen LogP contribution in [0, 0.1) is 5.41 Å². The summed E-state index contributed by atoms with van der Waals surface area (Å²) in [5.41, 5.74) is 0.615. The number of hydrogen-bond acceptors (Lipinski definition) is 3. The van der Waals surface area contributed by atoms with Gasteiger partial charge in [-0.2, -0.15) is 0 Å². The van der Waals surface area contributed by atoms with Crippen molar-refractivity contribution in [3.8, 4) is 0 Å². The number of fused-ring (bicyclic) bond motifs is 1. The number of carbonyl (C=O) groups excluding carboxylic acids is 1. The van der Waals surface area contributed by atoms with E-state index in [0.29, 0.717) is 5.11 Å². The minimum Gasteiger partial charge on any atom is -0.333 e. The Morgan fingerprint density at radius 3 is 2.55 bits per heavy atom. The van der Waals surface area contributed by atoms with Crippen LogP contribution < -0.4 is 0 Å². The molecule has 3 rings (SSSR count). The fraction of sp³-hybridized carbons (Fsp3) is 0.529. The molecule has 3 nitrogen and oxygen atoms in total. The molecule has 1 amide bonds. The number of piperidine rings is 1. The quantitative estimate of drug-likeness (QED) is 0.630. The smallest absolute Gasteiger partial charge is 0.237 e. The van der Waals surface area contributed by atoms with Gasteiger partial charge < -0.3 is 4.90 Å². The molecule has 0 unspecified atom stereocenters. The summed E-state index contributed by atoms with van der Waals surface area (Å²) in [6, 6.07) is 10.4. The third kappa shape index (κ3) is 1.95. The summed E-state index contributed by atoms with van der Waals surface area (Å²) in [6.45, 7) is 4.84. The van der Waals surface area contributed by atoms with Crippen LogP contribution in [-0.4, -0.2) is 39.3 Å². The molecule has 5 heteroatoms. The molecule has 0 radical (unpaired) electrons. The first-order valence-corrected chi connectivity index (χ1v) is 8.54. The van der Waals surface area contributed by atoms with E-state index < -0.39 is 10.3 Å². The predicted octanol–water partition coefficient (Wildman–Crippen LogP) is 3.28. The number of thiocarbonyl (C=S) groups is 1. The second-order valence-corrected chi connectivity index (χ2v) is 7.80. The SMILES string of the molecule is CN1C(=O)C(C)(C)[C@]2(S)[C@@H](c3ccccc3)CCCN2C1=S. The van der Waals surface area contributed by atoms with Gasteiger partial charge in [0.1, 0.15) is 4.87 Å². The zero-order valence-electron chi connectivity index (χ0n) is 13.2. The Morgan fingerprint density at radius 2 is 1.91 bits per heavy atom. The van der Waals surface area contributed by atoms with Gasteiger partial charge in [-0.15, -0.1) is 12.6 Å². The Kier molecular flexibility index (Phi) is 3.76. The maximum absolute atomic E-state index is 12.9. The Bertz CT molecular complexity index is 616. The van der Waals surface area contributed by atoms with Crippen LogP contribution in [0.5, 0.6) is 0 Å². The Hall–Kier alpha value is -1.07. The van der Waals surface area contributed by atoms with E-state index in [1.54, 1.807) is 11.9 Å². The molecule has 2 heterocycles. The van der Waals surface area contributed by atoms with E-state index in [1.807, 2.05) is 32.0 Å². The summed E-state index contributed by atoms with van der Waals surface area (Å²) in [5, 5.41) is 0.597. The minimum atomic E-state index is -0.617. The van der Waals surface area contributed by atoms with Crippen LogP contribution >= 0.6 is 24.8 Å². The fourth-order valence-corrected chi connectivity index (χ4v) is 4.91. The molecular weight excluding hydrogens is 312 g/mol. The van der Waals surface area contributed by atoms with E-state index in [9.17, 15) is 4.79 Å². The van der Waals surface area contributed by atoms with Crippen molar-refractivity contribution >= 4 is 35.9 Å². The van der Waals surface area contributed by atoms with E-state index in [-0.39, 0.29) is 11.8 Å². The van der Waals surface area contributed by atoms with E-state index in [4.69, 9.17) is 24.8 Å². The van der Waals surface area contributed by atoms with Gasteiger partial charge in [0.25, 0.3) is 0 Å². The molecule has 0 bridgehead atoms. The lowest BCUT2D eigenvalue weighted by molar-refractivity contribution is -0.146. The second-order valence-electron chi connectivity index (χ2n) is 6.76. The first kappa shape index (κ1) is 15.8. The molecule has 1 aromatic carbocycles. The van der Waals surface area contributed by atoms with Crippen molar-refractivity contribution in [2.45, 2.75) is 37.5 Å². The van der Waals surface area contributed by atoms with Gasteiger partial charge >= 0.3 is 0 Å². The normalized spacial score (nSPS) is 31.2. The molecule has 1 aromatic rings. The number of amides is 1. The van der Waals surface area contributed by atoms with Gasteiger partial charge in [-0.05, 0) is 44.5 Å². The van der Waals surface area contributed by atoms with Gasteiger partial charge in [0.15, 0.2) is 5.11 Å². The number of carbonyl (C=O) groups is 1. The molecule has 118 valence electrons. The zero-order chi connectivity index (χ0) is 16.1. The van der Waals surface area contributed by atoms with Gasteiger partial charge in [-0.25, -0.2) is 0 Å². The van der Waals surface area contributed by atoms with Crippen LogP contribution in [-0.2, 0) is 4.79 Å². The first-order chi connectivity index (χ1) is 10.3. The highest BCUT2D eigenvalue weighted by Gasteiger charge is 2.62. The van der Waals surface area contributed by atoms with Crippen LogP contribution in [0.2, 0.25) is 0 Å². The molecule has 0 saturated carbocycles. The van der Waals surface area contributed by atoms with Crippen molar-refractivity contribution in [1.82, 2.24) is 9.80 Å². The topological polar surface area (TPSA) is 23.6 Å². The number of thiol groups is 1. The lowest BCUT2D eigenvalue weighted by Crippen LogP contribution is -2.72. The van der Waals surface area contributed by atoms with Crippen molar-refractivity contribution in [3.05, 3.63) is 35.9 Å². The molecule has 2 aliphatic rings. The van der Waals surface area contributed by atoms with E-state index in [1.165, 1.54) is 5.56 Å². The molecular formula is C17H22N2OS2. The highest BCUT2D eigenvalue weighted by molar-refractivity contribution is 7.82. The van der Waals surface area contributed by atoms with Gasteiger partial charge in [0.05, 0.1) is 5.41 Å². The van der Waals surface area contributed by atoms with Crippen LogP contribution in [0.15, 0.2) is 30.3 Å². The molecule has 2 atom stereocenters. The van der Waals surface area contributed by atoms with Gasteiger partial charge in [-0.3, -0.25) is 9.69 Å². The molecule has 0 aromatic heterocycles. The molecule has 0 aliphatic carbocycles.